The van der Waals surface area contributed by atoms with Gasteiger partial charge in [0.1, 0.15) is 0 Å². The molecule has 16 heavy (non-hydrogen) atoms. The molecule has 1 saturated heterocycles. The molecule has 1 heterocycles. The molecular weight excluding hydrogens is 206 g/mol. The Hall–Kier alpha value is -0.610. The lowest BCUT2D eigenvalue weighted by Crippen LogP contribution is -2.30. The van der Waals surface area contributed by atoms with Gasteiger partial charge in [-0.05, 0) is 45.2 Å². The second-order valence-corrected chi connectivity index (χ2v) is 4.18. The summed E-state index contributed by atoms with van der Waals surface area (Å²) in [5, 5.41) is 3.33. The molecule has 1 N–H and O–H groups in total. The molecule has 1 aliphatic rings. The minimum Gasteiger partial charge on any atom is -0.466 e. The molecule has 0 unspecified atom stereocenters. The quantitative estimate of drug-likeness (QED) is 0.529. The van der Waals surface area contributed by atoms with Crippen molar-refractivity contribution in [2.24, 2.45) is 5.92 Å². The summed E-state index contributed by atoms with van der Waals surface area (Å²) in [5.41, 5.74) is 0. The molecular formula is C12H23NO3. The van der Waals surface area contributed by atoms with Crippen molar-refractivity contribution >= 4 is 5.97 Å². The van der Waals surface area contributed by atoms with Crippen molar-refractivity contribution in [2.45, 2.75) is 32.6 Å². The summed E-state index contributed by atoms with van der Waals surface area (Å²) in [6.07, 6.45) is 3.65. The highest BCUT2D eigenvalue weighted by Crippen LogP contribution is 2.11. The Morgan fingerprint density at radius 3 is 2.81 bits per heavy atom. The Morgan fingerprint density at radius 2 is 2.12 bits per heavy atom. The number of piperidine rings is 1. The highest BCUT2D eigenvalue weighted by Gasteiger charge is 2.12. The molecule has 0 saturated carbocycles. The molecule has 0 radical (unpaired) electrons. The predicted octanol–water partition coefficient (Wildman–Crippen LogP) is 1.35. The number of carbonyl (C=O) groups excluding carboxylic acids is 1. The van der Waals surface area contributed by atoms with Crippen molar-refractivity contribution in [2.75, 3.05) is 32.9 Å². The largest absolute Gasteiger partial charge is 0.466 e. The Bertz CT molecular complexity index is 191. The second-order valence-electron chi connectivity index (χ2n) is 4.18. The van der Waals surface area contributed by atoms with Gasteiger partial charge < -0.3 is 14.8 Å². The van der Waals surface area contributed by atoms with Crippen LogP contribution in [0.2, 0.25) is 0 Å². The predicted molar refractivity (Wildman–Crippen MR) is 62.3 cm³/mol. The van der Waals surface area contributed by atoms with Crippen LogP contribution >= 0.6 is 0 Å². The van der Waals surface area contributed by atoms with Crippen molar-refractivity contribution in [3.8, 4) is 0 Å². The van der Waals surface area contributed by atoms with Crippen molar-refractivity contribution in [3.05, 3.63) is 0 Å². The number of hydrogen-bond acceptors (Lipinski definition) is 4. The SMILES string of the molecule is CCOC(=O)CCCOCC1CCNCC1. The van der Waals surface area contributed by atoms with Gasteiger partial charge in [0.25, 0.3) is 0 Å². The molecule has 94 valence electrons. The number of hydrogen-bond donors (Lipinski definition) is 1. The van der Waals surface area contributed by atoms with Crippen LogP contribution in [-0.4, -0.2) is 38.9 Å². The van der Waals surface area contributed by atoms with Crippen LogP contribution in [0.4, 0.5) is 0 Å². The maximum Gasteiger partial charge on any atom is 0.305 e. The number of nitrogens with one attached hydrogen (secondary N) is 1. The Balaban J connectivity index is 1.89. The average Bonchev–Trinajstić information content (AvgIpc) is 2.30. The monoisotopic (exact) mass is 229 g/mol. The molecule has 0 aliphatic carbocycles. The van der Waals surface area contributed by atoms with Gasteiger partial charge in [-0.15, -0.1) is 0 Å². The zero-order valence-electron chi connectivity index (χ0n) is 10.2. The summed E-state index contributed by atoms with van der Waals surface area (Å²) in [7, 11) is 0. The Labute approximate surface area is 97.7 Å². The first-order valence-electron chi connectivity index (χ1n) is 6.27. The summed E-state index contributed by atoms with van der Waals surface area (Å²) in [6, 6.07) is 0. The first-order chi connectivity index (χ1) is 7.83. The van der Waals surface area contributed by atoms with Gasteiger partial charge >= 0.3 is 5.97 Å². The normalized spacial score (nSPS) is 17.3. The van der Waals surface area contributed by atoms with Crippen molar-refractivity contribution in [1.82, 2.24) is 5.32 Å². The van der Waals surface area contributed by atoms with Crippen LogP contribution in [0.1, 0.15) is 32.6 Å². The molecule has 0 spiro atoms. The van der Waals surface area contributed by atoms with Gasteiger partial charge in [0.15, 0.2) is 0 Å². The van der Waals surface area contributed by atoms with E-state index < -0.39 is 0 Å². The third kappa shape index (κ3) is 6.08. The zero-order valence-corrected chi connectivity index (χ0v) is 10.2. The van der Waals surface area contributed by atoms with Crippen LogP contribution in [0.15, 0.2) is 0 Å². The second kappa shape index (κ2) is 8.53. The molecule has 4 heteroatoms. The van der Waals surface area contributed by atoms with E-state index in [0.717, 1.165) is 26.1 Å². The van der Waals surface area contributed by atoms with E-state index in [0.29, 0.717) is 25.6 Å². The first kappa shape index (κ1) is 13.5. The Kier molecular flexibility index (Phi) is 7.17. The molecule has 1 aliphatic heterocycles. The molecule has 0 atom stereocenters. The van der Waals surface area contributed by atoms with Gasteiger partial charge in [-0.1, -0.05) is 0 Å². The van der Waals surface area contributed by atoms with Gasteiger partial charge in [0.2, 0.25) is 0 Å². The average molecular weight is 229 g/mol. The van der Waals surface area contributed by atoms with Gasteiger partial charge in [0.05, 0.1) is 6.61 Å². The number of ether oxygens (including phenoxy) is 2. The Morgan fingerprint density at radius 1 is 1.38 bits per heavy atom. The summed E-state index contributed by atoms with van der Waals surface area (Å²) >= 11 is 0. The maximum atomic E-state index is 11.0. The lowest BCUT2D eigenvalue weighted by Gasteiger charge is -2.22. The summed E-state index contributed by atoms with van der Waals surface area (Å²) in [5.74, 6) is 0.580. The van der Waals surface area contributed by atoms with Gasteiger partial charge in [-0.3, -0.25) is 4.79 Å². The zero-order chi connectivity index (χ0) is 11.6. The van der Waals surface area contributed by atoms with E-state index in [4.69, 9.17) is 9.47 Å². The molecule has 0 aromatic carbocycles. The van der Waals surface area contributed by atoms with Gasteiger partial charge in [-0.25, -0.2) is 0 Å². The van der Waals surface area contributed by atoms with Crippen LogP contribution < -0.4 is 5.32 Å². The number of carbonyl (C=O) groups is 1. The van der Waals surface area contributed by atoms with Crippen LogP contribution in [0.25, 0.3) is 0 Å². The van der Waals surface area contributed by atoms with E-state index in [1.54, 1.807) is 0 Å². The number of esters is 1. The first-order valence-corrected chi connectivity index (χ1v) is 6.27. The third-order valence-electron chi connectivity index (χ3n) is 2.79. The van der Waals surface area contributed by atoms with Crippen molar-refractivity contribution in [3.63, 3.8) is 0 Å². The summed E-state index contributed by atoms with van der Waals surface area (Å²) in [6.45, 7) is 6.02. The molecule has 0 amide bonds. The summed E-state index contributed by atoms with van der Waals surface area (Å²) in [4.78, 5) is 11.0. The molecule has 0 bridgehead atoms. The van der Waals surface area contributed by atoms with Crippen LogP contribution in [-0.2, 0) is 14.3 Å². The van der Waals surface area contributed by atoms with Gasteiger partial charge in [-0.2, -0.15) is 0 Å². The van der Waals surface area contributed by atoms with E-state index in [1.807, 2.05) is 6.92 Å². The fourth-order valence-electron chi connectivity index (χ4n) is 1.85. The van der Waals surface area contributed by atoms with E-state index >= 15 is 0 Å². The minimum absolute atomic E-state index is 0.118. The molecule has 1 fully saturated rings. The standard InChI is InChI=1S/C12H23NO3/c1-2-16-12(14)4-3-9-15-10-11-5-7-13-8-6-11/h11,13H,2-10H2,1H3. The molecule has 4 nitrogen and oxygen atoms in total. The van der Waals surface area contributed by atoms with E-state index in [1.165, 1.54) is 12.8 Å². The summed E-state index contributed by atoms with van der Waals surface area (Å²) < 4.78 is 10.4. The minimum atomic E-state index is -0.118. The van der Waals surface area contributed by atoms with Crippen LogP contribution in [0.5, 0.6) is 0 Å². The number of rotatable bonds is 7. The van der Waals surface area contributed by atoms with E-state index in [-0.39, 0.29) is 5.97 Å². The fourth-order valence-corrected chi connectivity index (χ4v) is 1.85. The van der Waals surface area contributed by atoms with Crippen LogP contribution in [0.3, 0.4) is 0 Å². The maximum absolute atomic E-state index is 11.0. The van der Waals surface area contributed by atoms with Gasteiger partial charge in [0, 0.05) is 19.6 Å². The van der Waals surface area contributed by atoms with Crippen molar-refractivity contribution in [1.29, 1.82) is 0 Å². The topological polar surface area (TPSA) is 47.6 Å². The lowest BCUT2D eigenvalue weighted by molar-refractivity contribution is -0.143. The fraction of sp³-hybridized carbons (Fsp3) is 0.917. The highest BCUT2D eigenvalue weighted by molar-refractivity contribution is 5.69. The van der Waals surface area contributed by atoms with E-state index in [2.05, 4.69) is 5.32 Å². The molecule has 0 aromatic heterocycles. The van der Waals surface area contributed by atoms with Crippen molar-refractivity contribution < 1.29 is 14.3 Å². The smallest absolute Gasteiger partial charge is 0.305 e. The lowest BCUT2D eigenvalue weighted by atomic mass is 9.99. The third-order valence-corrected chi connectivity index (χ3v) is 2.79. The molecule has 0 aromatic rings. The van der Waals surface area contributed by atoms with E-state index in [9.17, 15) is 4.79 Å². The molecule has 1 rings (SSSR count). The van der Waals surface area contributed by atoms with Crippen LogP contribution in [0, 0.1) is 5.92 Å². The highest BCUT2D eigenvalue weighted by atomic mass is 16.5.